The topological polar surface area (TPSA) is 45.1 Å². The molecular formula is C18H23FN2OS. The Labute approximate surface area is 140 Å². The number of rotatable bonds is 5. The maximum Gasteiger partial charge on any atom is 0.123 e. The van der Waals surface area contributed by atoms with Gasteiger partial charge in [0.15, 0.2) is 0 Å². The molecule has 2 atom stereocenters. The predicted octanol–water partition coefficient (Wildman–Crippen LogP) is 3.72. The van der Waals surface area contributed by atoms with Gasteiger partial charge in [-0.05, 0) is 57.2 Å². The van der Waals surface area contributed by atoms with Crippen LogP contribution in [0.2, 0.25) is 0 Å². The normalized spacial score (nSPS) is 18.3. The van der Waals surface area contributed by atoms with Crippen LogP contribution in [0, 0.1) is 5.82 Å². The summed E-state index contributed by atoms with van der Waals surface area (Å²) in [7, 11) is 0. The van der Waals surface area contributed by atoms with Crippen LogP contribution in [-0.4, -0.2) is 16.6 Å². The number of hydrogen-bond acceptors (Lipinski definition) is 4. The number of aliphatic hydroxyl groups is 1. The molecule has 5 heteroatoms. The highest BCUT2D eigenvalue weighted by Gasteiger charge is 2.25. The highest BCUT2D eigenvalue weighted by Crippen LogP contribution is 2.30. The van der Waals surface area contributed by atoms with Crippen molar-refractivity contribution in [1.82, 2.24) is 10.3 Å². The van der Waals surface area contributed by atoms with Gasteiger partial charge in [-0.1, -0.05) is 12.1 Å². The molecule has 1 aliphatic rings. The lowest BCUT2D eigenvalue weighted by molar-refractivity contribution is 0.0543. The van der Waals surface area contributed by atoms with Crippen LogP contribution in [0.1, 0.15) is 53.9 Å². The molecule has 2 N–H and O–H groups in total. The van der Waals surface area contributed by atoms with E-state index in [2.05, 4.69) is 12.2 Å². The summed E-state index contributed by atoms with van der Waals surface area (Å²) < 4.78 is 13.0. The quantitative estimate of drug-likeness (QED) is 0.876. The zero-order chi connectivity index (χ0) is 16.4. The first-order valence-corrected chi connectivity index (χ1v) is 8.97. The third-order valence-electron chi connectivity index (χ3n) is 4.45. The number of aromatic nitrogens is 1. The van der Waals surface area contributed by atoms with Gasteiger partial charge in [0.1, 0.15) is 10.8 Å². The van der Waals surface area contributed by atoms with E-state index in [4.69, 9.17) is 4.98 Å². The number of hydrogen-bond donors (Lipinski definition) is 2. The molecule has 1 heterocycles. The molecule has 2 unspecified atom stereocenters. The van der Waals surface area contributed by atoms with Crippen molar-refractivity contribution < 1.29 is 9.50 Å². The van der Waals surface area contributed by atoms with E-state index in [1.54, 1.807) is 30.4 Å². The van der Waals surface area contributed by atoms with E-state index in [1.165, 1.54) is 35.5 Å². The first-order chi connectivity index (χ1) is 11.0. The Bertz CT molecular complexity index is 643. The average Bonchev–Trinajstić information content (AvgIpc) is 2.97. The fraction of sp³-hybridized carbons (Fsp3) is 0.500. The van der Waals surface area contributed by atoms with Crippen molar-refractivity contribution in [3.8, 4) is 0 Å². The SMILES string of the molecule is CC(NCC(C)(O)c1ccc(F)cc1)c1nc2c(s1)CCCC2. The number of nitrogens with one attached hydrogen (secondary N) is 1. The van der Waals surface area contributed by atoms with Gasteiger partial charge in [0.05, 0.1) is 17.3 Å². The van der Waals surface area contributed by atoms with Crippen LogP contribution >= 0.6 is 11.3 Å². The van der Waals surface area contributed by atoms with Gasteiger partial charge in [-0.3, -0.25) is 0 Å². The monoisotopic (exact) mass is 334 g/mol. The third kappa shape index (κ3) is 3.79. The Morgan fingerprint density at radius 1 is 1.30 bits per heavy atom. The summed E-state index contributed by atoms with van der Waals surface area (Å²) in [5.41, 5.74) is 0.922. The van der Waals surface area contributed by atoms with E-state index in [1.807, 2.05) is 0 Å². The van der Waals surface area contributed by atoms with Gasteiger partial charge in [0, 0.05) is 11.4 Å². The molecule has 0 aliphatic heterocycles. The summed E-state index contributed by atoms with van der Waals surface area (Å²) in [6.45, 7) is 4.21. The zero-order valence-electron chi connectivity index (χ0n) is 13.6. The van der Waals surface area contributed by atoms with Crippen molar-refractivity contribution in [2.75, 3.05) is 6.54 Å². The summed E-state index contributed by atoms with van der Waals surface area (Å²) in [5, 5.41) is 15.1. The number of aryl methyl sites for hydroxylation is 2. The highest BCUT2D eigenvalue weighted by molar-refractivity contribution is 7.11. The molecule has 0 amide bonds. The third-order valence-corrected chi connectivity index (χ3v) is 5.79. The summed E-state index contributed by atoms with van der Waals surface area (Å²) in [5.74, 6) is -0.292. The Morgan fingerprint density at radius 2 is 2.00 bits per heavy atom. The fourth-order valence-electron chi connectivity index (χ4n) is 2.91. The summed E-state index contributed by atoms with van der Waals surface area (Å²) in [6, 6.07) is 6.11. The fourth-order valence-corrected chi connectivity index (χ4v) is 4.09. The number of thiazole rings is 1. The first kappa shape index (κ1) is 16.6. The minimum atomic E-state index is -1.04. The minimum Gasteiger partial charge on any atom is -0.384 e. The second kappa shape index (κ2) is 6.67. The molecule has 0 fully saturated rings. The molecule has 0 spiro atoms. The Hall–Kier alpha value is -1.30. The number of fused-ring (bicyclic) bond motifs is 1. The molecule has 124 valence electrons. The maximum atomic E-state index is 13.0. The van der Waals surface area contributed by atoms with Crippen LogP contribution in [0.5, 0.6) is 0 Å². The lowest BCUT2D eigenvalue weighted by atomic mass is 9.96. The van der Waals surface area contributed by atoms with Crippen molar-refractivity contribution >= 4 is 11.3 Å². The van der Waals surface area contributed by atoms with Crippen LogP contribution in [-0.2, 0) is 18.4 Å². The molecule has 0 saturated heterocycles. The molecule has 0 saturated carbocycles. The van der Waals surface area contributed by atoms with E-state index >= 15 is 0 Å². The van der Waals surface area contributed by atoms with Crippen LogP contribution in [0.3, 0.4) is 0 Å². The maximum absolute atomic E-state index is 13.0. The van der Waals surface area contributed by atoms with Crippen LogP contribution in [0.15, 0.2) is 24.3 Å². The van der Waals surface area contributed by atoms with Gasteiger partial charge in [-0.15, -0.1) is 11.3 Å². The van der Waals surface area contributed by atoms with Gasteiger partial charge in [-0.2, -0.15) is 0 Å². The predicted molar refractivity (Wildman–Crippen MR) is 91.1 cm³/mol. The van der Waals surface area contributed by atoms with Crippen LogP contribution < -0.4 is 5.32 Å². The van der Waals surface area contributed by atoms with Crippen molar-refractivity contribution in [1.29, 1.82) is 0 Å². The molecule has 1 aromatic carbocycles. The standard InChI is InChI=1S/C18H23FN2OS/c1-12(17-21-15-5-3-4-6-16(15)23-17)20-11-18(2,22)13-7-9-14(19)10-8-13/h7-10,12,20,22H,3-6,11H2,1-2H3. The van der Waals surface area contributed by atoms with Gasteiger partial charge in [0.2, 0.25) is 0 Å². The zero-order valence-corrected chi connectivity index (χ0v) is 14.4. The Balaban J connectivity index is 1.64. The smallest absolute Gasteiger partial charge is 0.123 e. The molecule has 0 radical (unpaired) electrons. The van der Waals surface area contributed by atoms with E-state index < -0.39 is 5.60 Å². The van der Waals surface area contributed by atoms with Crippen molar-refractivity contribution in [2.45, 2.75) is 51.2 Å². The lowest BCUT2D eigenvalue weighted by Gasteiger charge is -2.26. The lowest BCUT2D eigenvalue weighted by Crippen LogP contribution is -2.36. The molecule has 1 aromatic heterocycles. The van der Waals surface area contributed by atoms with Crippen molar-refractivity contribution in [3.63, 3.8) is 0 Å². The summed E-state index contributed by atoms with van der Waals surface area (Å²) in [6.07, 6.45) is 4.73. The van der Waals surface area contributed by atoms with E-state index in [-0.39, 0.29) is 11.9 Å². The van der Waals surface area contributed by atoms with Crippen molar-refractivity contribution in [2.24, 2.45) is 0 Å². The van der Waals surface area contributed by atoms with E-state index in [9.17, 15) is 9.50 Å². The molecule has 0 bridgehead atoms. The van der Waals surface area contributed by atoms with Gasteiger partial charge in [-0.25, -0.2) is 9.37 Å². The summed E-state index contributed by atoms with van der Waals surface area (Å²) >= 11 is 1.79. The molecule has 1 aliphatic carbocycles. The molecule has 2 aromatic rings. The molecule has 3 rings (SSSR count). The van der Waals surface area contributed by atoms with Crippen molar-refractivity contribution in [3.05, 3.63) is 51.2 Å². The molecule has 3 nitrogen and oxygen atoms in total. The largest absolute Gasteiger partial charge is 0.384 e. The van der Waals surface area contributed by atoms with Crippen LogP contribution in [0.4, 0.5) is 4.39 Å². The number of halogens is 1. The molecule has 23 heavy (non-hydrogen) atoms. The van der Waals surface area contributed by atoms with Gasteiger partial charge < -0.3 is 10.4 Å². The minimum absolute atomic E-state index is 0.0949. The Kier molecular flexibility index (Phi) is 4.80. The highest BCUT2D eigenvalue weighted by atomic mass is 32.1. The average molecular weight is 334 g/mol. The summed E-state index contributed by atoms with van der Waals surface area (Å²) in [4.78, 5) is 6.18. The number of nitrogens with zero attached hydrogens (tertiary/aromatic N) is 1. The van der Waals surface area contributed by atoms with Crippen LogP contribution in [0.25, 0.3) is 0 Å². The second-order valence-electron chi connectivity index (χ2n) is 6.51. The second-order valence-corrected chi connectivity index (χ2v) is 7.63. The first-order valence-electron chi connectivity index (χ1n) is 8.16. The van der Waals surface area contributed by atoms with E-state index in [0.29, 0.717) is 12.1 Å². The number of benzene rings is 1. The molecular weight excluding hydrogens is 311 g/mol. The van der Waals surface area contributed by atoms with Gasteiger partial charge in [0.25, 0.3) is 0 Å². The van der Waals surface area contributed by atoms with Gasteiger partial charge >= 0.3 is 0 Å². The van der Waals surface area contributed by atoms with E-state index in [0.717, 1.165) is 17.8 Å². The Morgan fingerprint density at radius 3 is 2.70 bits per heavy atom.